The third-order valence-electron chi connectivity index (χ3n) is 2.05. The molecule has 5 nitrogen and oxygen atoms in total. The van der Waals surface area contributed by atoms with Crippen molar-refractivity contribution in [2.24, 2.45) is 5.73 Å². The van der Waals surface area contributed by atoms with Crippen molar-refractivity contribution in [2.45, 2.75) is 45.5 Å². The molecule has 0 aliphatic heterocycles. The second kappa shape index (κ2) is 5.85. The first kappa shape index (κ1) is 14.1. The zero-order valence-electron chi connectivity index (χ0n) is 9.27. The van der Waals surface area contributed by atoms with Gasteiger partial charge < -0.3 is 21.1 Å². The average molecular weight is 217 g/mol. The Labute approximate surface area is 89.2 Å². The van der Waals surface area contributed by atoms with E-state index in [0.717, 1.165) is 0 Å². The van der Waals surface area contributed by atoms with E-state index >= 15 is 0 Å². The standard InChI is InChI=1S/C10H19NO4/c1-5(12)4-8(10(11)15)9(6(2)13)7(3)14/h5-7,12-14H,4H2,1-3H3,(H2,11,15). The van der Waals surface area contributed by atoms with Crippen LogP contribution in [0, 0.1) is 0 Å². The molecule has 0 aromatic rings. The van der Waals surface area contributed by atoms with Crippen molar-refractivity contribution in [1.82, 2.24) is 0 Å². The van der Waals surface area contributed by atoms with Gasteiger partial charge in [0.2, 0.25) is 5.91 Å². The van der Waals surface area contributed by atoms with Gasteiger partial charge in [-0.1, -0.05) is 0 Å². The van der Waals surface area contributed by atoms with Crippen LogP contribution in [-0.2, 0) is 4.79 Å². The van der Waals surface area contributed by atoms with Crippen LogP contribution in [0.15, 0.2) is 11.1 Å². The van der Waals surface area contributed by atoms with Crippen molar-refractivity contribution in [3.63, 3.8) is 0 Å². The normalized spacial score (nSPS) is 16.7. The predicted molar refractivity (Wildman–Crippen MR) is 55.9 cm³/mol. The van der Waals surface area contributed by atoms with Crippen molar-refractivity contribution in [3.8, 4) is 0 Å². The lowest BCUT2D eigenvalue weighted by Crippen LogP contribution is -2.27. The summed E-state index contributed by atoms with van der Waals surface area (Å²) in [5.74, 6) is -0.729. The second-order valence-corrected chi connectivity index (χ2v) is 3.70. The van der Waals surface area contributed by atoms with E-state index in [4.69, 9.17) is 5.73 Å². The van der Waals surface area contributed by atoms with Crippen LogP contribution in [0.25, 0.3) is 0 Å². The largest absolute Gasteiger partial charge is 0.393 e. The zero-order valence-corrected chi connectivity index (χ0v) is 9.27. The number of rotatable bonds is 5. The van der Waals surface area contributed by atoms with Crippen molar-refractivity contribution < 1.29 is 20.1 Å². The maximum absolute atomic E-state index is 11.1. The molecule has 0 aliphatic carbocycles. The van der Waals surface area contributed by atoms with Crippen LogP contribution in [0.4, 0.5) is 0 Å². The van der Waals surface area contributed by atoms with E-state index < -0.39 is 24.2 Å². The maximum atomic E-state index is 11.1. The summed E-state index contributed by atoms with van der Waals surface area (Å²) in [4.78, 5) is 11.1. The smallest absolute Gasteiger partial charge is 0.244 e. The highest BCUT2D eigenvalue weighted by Crippen LogP contribution is 2.18. The van der Waals surface area contributed by atoms with Crippen molar-refractivity contribution >= 4 is 5.91 Å². The van der Waals surface area contributed by atoms with Crippen LogP contribution in [0.3, 0.4) is 0 Å². The summed E-state index contributed by atoms with van der Waals surface area (Å²) >= 11 is 0. The summed E-state index contributed by atoms with van der Waals surface area (Å²) < 4.78 is 0. The number of aliphatic hydroxyl groups excluding tert-OH is 3. The van der Waals surface area contributed by atoms with Gasteiger partial charge in [-0.05, 0) is 26.3 Å². The van der Waals surface area contributed by atoms with Gasteiger partial charge in [0, 0.05) is 12.0 Å². The summed E-state index contributed by atoms with van der Waals surface area (Å²) in [6.45, 7) is 4.38. The molecule has 0 aromatic heterocycles. The molecular formula is C10H19NO4. The van der Waals surface area contributed by atoms with E-state index in [9.17, 15) is 20.1 Å². The highest BCUT2D eigenvalue weighted by Gasteiger charge is 2.21. The third-order valence-corrected chi connectivity index (χ3v) is 2.05. The maximum Gasteiger partial charge on any atom is 0.244 e. The first-order valence-corrected chi connectivity index (χ1v) is 4.84. The molecule has 3 unspecified atom stereocenters. The molecule has 0 saturated heterocycles. The Balaban J connectivity index is 5.25. The monoisotopic (exact) mass is 217 g/mol. The number of carbonyl (C=O) groups excluding carboxylic acids is 1. The highest BCUT2D eigenvalue weighted by molar-refractivity contribution is 5.93. The van der Waals surface area contributed by atoms with Crippen molar-refractivity contribution in [2.75, 3.05) is 0 Å². The van der Waals surface area contributed by atoms with Crippen molar-refractivity contribution in [1.29, 1.82) is 0 Å². The van der Waals surface area contributed by atoms with E-state index in [1.165, 1.54) is 20.8 Å². The summed E-state index contributed by atoms with van der Waals surface area (Å²) in [6.07, 6.45) is -2.65. The Morgan fingerprint density at radius 2 is 1.53 bits per heavy atom. The molecule has 0 bridgehead atoms. The molecule has 0 heterocycles. The van der Waals surface area contributed by atoms with Gasteiger partial charge in [0.15, 0.2) is 0 Å². The lowest BCUT2D eigenvalue weighted by atomic mass is 9.94. The Bertz CT molecular complexity index is 246. The quantitative estimate of drug-likeness (QED) is 0.457. The minimum atomic E-state index is -0.966. The fourth-order valence-electron chi connectivity index (χ4n) is 1.51. The van der Waals surface area contributed by atoms with Gasteiger partial charge in [-0.3, -0.25) is 4.79 Å². The number of nitrogens with two attached hydrogens (primary N) is 1. The van der Waals surface area contributed by atoms with Gasteiger partial charge in [-0.2, -0.15) is 0 Å². The second-order valence-electron chi connectivity index (χ2n) is 3.70. The Kier molecular flexibility index (Phi) is 5.49. The molecule has 0 rings (SSSR count). The average Bonchev–Trinajstić information content (AvgIpc) is 2.00. The topological polar surface area (TPSA) is 104 Å². The zero-order chi connectivity index (χ0) is 12.2. The number of carbonyl (C=O) groups is 1. The van der Waals surface area contributed by atoms with E-state index in [0.29, 0.717) is 0 Å². The molecule has 0 saturated carbocycles. The minimum Gasteiger partial charge on any atom is -0.393 e. The van der Waals surface area contributed by atoms with Gasteiger partial charge in [-0.15, -0.1) is 0 Å². The molecule has 5 N–H and O–H groups in total. The fourth-order valence-corrected chi connectivity index (χ4v) is 1.51. The van der Waals surface area contributed by atoms with Gasteiger partial charge in [-0.25, -0.2) is 0 Å². The molecular weight excluding hydrogens is 198 g/mol. The Morgan fingerprint density at radius 3 is 1.73 bits per heavy atom. The molecule has 15 heavy (non-hydrogen) atoms. The van der Waals surface area contributed by atoms with E-state index in [1.54, 1.807) is 0 Å². The van der Waals surface area contributed by atoms with E-state index in [-0.39, 0.29) is 17.6 Å². The van der Waals surface area contributed by atoms with Crippen molar-refractivity contribution in [3.05, 3.63) is 11.1 Å². The Hall–Kier alpha value is -0.910. The molecule has 3 atom stereocenters. The van der Waals surface area contributed by atoms with Crippen LogP contribution >= 0.6 is 0 Å². The van der Waals surface area contributed by atoms with Crippen LogP contribution in [0.5, 0.6) is 0 Å². The molecule has 0 aromatic carbocycles. The lowest BCUT2D eigenvalue weighted by molar-refractivity contribution is -0.115. The lowest BCUT2D eigenvalue weighted by Gasteiger charge is -2.19. The first-order valence-electron chi connectivity index (χ1n) is 4.84. The molecule has 88 valence electrons. The molecule has 0 aliphatic rings. The predicted octanol–water partition coefficient (Wildman–Crippen LogP) is -0.699. The third kappa shape index (κ3) is 4.42. The minimum absolute atomic E-state index is 0.0282. The van der Waals surface area contributed by atoms with Crippen LogP contribution < -0.4 is 5.73 Å². The summed E-state index contributed by atoms with van der Waals surface area (Å²) in [5.41, 5.74) is 5.39. The number of aliphatic hydroxyl groups is 3. The molecule has 5 heteroatoms. The fraction of sp³-hybridized carbons (Fsp3) is 0.700. The summed E-state index contributed by atoms with van der Waals surface area (Å²) in [6, 6.07) is 0. The number of hydrogen-bond acceptors (Lipinski definition) is 4. The van der Waals surface area contributed by atoms with E-state index in [2.05, 4.69) is 0 Å². The first-order chi connectivity index (χ1) is 6.77. The van der Waals surface area contributed by atoms with Crippen LogP contribution in [-0.4, -0.2) is 39.5 Å². The van der Waals surface area contributed by atoms with Gasteiger partial charge in [0.1, 0.15) is 0 Å². The number of amides is 1. The number of hydrogen-bond donors (Lipinski definition) is 4. The van der Waals surface area contributed by atoms with Gasteiger partial charge in [0.25, 0.3) is 0 Å². The Morgan fingerprint density at radius 1 is 1.13 bits per heavy atom. The molecule has 0 spiro atoms. The summed E-state index contributed by atoms with van der Waals surface area (Å²) in [7, 11) is 0. The SMILES string of the molecule is CC(O)CC(C(N)=O)=C(C(C)O)C(C)O. The van der Waals surface area contributed by atoms with Crippen LogP contribution in [0.2, 0.25) is 0 Å². The highest BCUT2D eigenvalue weighted by atomic mass is 16.3. The van der Waals surface area contributed by atoms with Gasteiger partial charge in [0.05, 0.1) is 18.3 Å². The van der Waals surface area contributed by atoms with E-state index in [1.807, 2.05) is 0 Å². The molecule has 0 radical (unpaired) electrons. The van der Waals surface area contributed by atoms with Crippen LogP contribution in [0.1, 0.15) is 27.2 Å². The number of primary amides is 1. The molecule has 1 amide bonds. The van der Waals surface area contributed by atoms with Gasteiger partial charge >= 0.3 is 0 Å². The molecule has 0 fully saturated rings. The summed E-state index contributed by atoms with van der Waals surface area (Å²) in [5, 5.41) is 28.0.